The van der Waals surface area contributed by atoms with Crippen LogP contribution in [0.3, 0.4) is 0 Å². The van der Waals surface area contributed by atoms with Gasteiger partial charge in [0.25, 0.3) is 5.91 Å². The smallest absolute Gasteiger partial charge is 0.251 e. The standard InChI is InChI=1S/C17H21NO2/c1-13(2)20-11-5-10-18-17(19)16-9-8-14-6-3-4-7-15(14)12-16/h3-4,6-9,12-13H,5,10-11H2,1-2H3,(H,18,19). The van der Waals surface area contributed by atoms with E-state index >= 15 is 0 Å². The van der Waals surface area contributed by atoms with Crippen molar-refractivity contribution in [1.29, 1.82) is 0 Å². The molecule has 2 aromatic carbocycles. The van der Waals surface area contributed by atoms with Crippen molar-refractivity contribution in [2.45, 2.75) is 26.4 Å². The molecule has 3 nitrogen and oxygen atoms in total. The van der Waals surface area contributed by atoms with Crippen LogP contribution < -0.4 is 5.32 Å². The molecular weight excluding hydrogens is 250 g/mol. The lowest BCUT2D eigenvalue weighted by molar-refractivity contribution is 0.0757. The monoisotopic (exact) mass is 271 g/mol. The van der Waals surface area contributed by atoms with E-state index in [2.05, 4.69) is 5.32 Å². The molecule has 0 saturated carbocycles. The number of benzene rings is 2. The predicted molar refractivity (Wildman–Crippen MR) is 82.0 cm³/mol. The number of fused-ring (bicyclic) bond motifs is 1. The Morgan fingerprint density at radius 1 is 1.15 bits per heavy atom. The molecule has 106 valence electrons. The van der Waals surface area contributed by atoms with E-state index in [1.54, 1.807) is 0 Å². The Bertz CT molecular complexity index is 578. The summed E-state index contributed by atoms with van der Waals surface area (Å²) >= 11 is 0. The molecule has 20 heavy (non-hydrogen) atoms. The zero-order valence-corrected chi connectivity index (χ0v) is 12.1. The number of hydrogen-bond donors (Lipinski definition) is 1. The third-order valence-electron chi connectivity index (χ3n) is 3.07. The molecule has 0 radical (unpaired) electrons. The Morgan fingerprint density at radius 3 is 2.65 bits per heavy atom. The van der Waals surface area contributed by atoms with Gasteiger partial charge in [-0.3, -0.25) is 4.79 Å². The van der Waals surface area contributed by atoms with Gasteiger partial charge in [-0.25, -0.2) is 0 Å². The van der Waals surface area contributed by atoms with Crippen LogP contribution in [0.4, 0.5) is 0 Å². The van der Waals surface area contributed by atoms with Crippen molar-refractivity contribution in [3.63, 3.8) is 0 Å². The van der Waals surface area contributed by atoms with Crippen LogP contribution in [-0.2, 0) is 4.74 Å². The van der Waals surface area contributed by atoms with Crippen LogP contribution in [0.1, 0.15) is 30.6 Å². The summed E-state index contributed by atoms with van der Waals surface area (Å²) in [6.07, 6.45) is 1.07. The van der Waals surface area contributed by atoms with Crippen LogP contribution in [0.25, 0.3) is 10.8 Å². The normalized spacial score (nSPS) is 10.9. The number of carbonyl (C=O) groups is 1. The highest BCUT2D eigenvalue weighted by Crippen LogP contribution is 2.15. The molecule has 0 unspecified atom stereocenters. The first kappa shape index (κ1) is 14.5. The molecule has 0 aromatic heterocycles. The fourth-order valence-electron chi connectivity index (χ4n) is 2.03. The summed E-state index contributed by atoms with van der Waals surface area (Å²) in [5.41, 5.74) is 0.702. The van der Waals surface area contributed by atoms with Crippen LogP contribution in [-0.4, -0.2) is 25.2 Å². The highest BCUT2D eigenvalue weighted by Gasteiger charge is 2.05. The topological polar surface area (TPSA) is 38.3 Å². The third kappa shape index (κ3) is 4.07. The summed E-state index contributed by atoms with van der Waals surface area (Å²) in [6.45, 7) is 5.33. The number of hydrogen-bond acceptors (Lipinski definition) is 2. The van der Waals surface area contributed by atoms with Gasteiger partial charge < -0.3 is 10.1 Å². The maximum Gasteiger partial charge on any atom is 0.251 e. The van der Waals surface area contributed by atoms with Gasteiger partial charge in [0.05, 0.1) is 6.10 Å². The lowest BCUT2D eigenvalue weighted by Gasteiger charge is -2.08. The van der Waals surface area contributed by atoms with E-state index < -0.39 is 0 Å². The minimum Gasteiger partial charge on any atom is -0.379 e. The zero-order valence-electron chi connectivity index (χ0n) is 12.1. The van der Waals surface area contributed by atoms with Crippen molar-refractivity contribution < 1.29 is 9.53 Å². The van der Waals surface area contributed by atoms with Gasteiger partial charge >= 0.3 is 0 Å². The number of carbonyl (C=O) groups excluding carboxylic acids is 1. The van der Waals surface area contributed by atoms with Crippen LogP contribution in [0.5, 0.6) is 0 Å². The highest BCUT2D eigenvalue weighted by atomic mass is 16.5. The van der Waals surface area contributed by atoms with Crippen molar-refractivity contribution in [2.75, 3.05) is 13.2 Å². The second-order valence-corrected chi connectivity index (χ2v) is 5.09. The Labute approximate surface area is 119 Å². The van der Waals surface area contributed by atoms with E-state index in [-0.39, 0.29) is 12.0 Å². The van der Waals surface area contributed by atoms with E-state index in [1.165, 1.54) is 0 Å². The molecular formula is C17H21NO2. The number of ether oxygens (including phenoxy) is 1. The lowest BCUT2D eigenvalue weighted by Crippen LogP contribution is -2.25. The summed E-state index contributed by atoms with van der Waals surface area (Å²) in [4.78, 5) is 12.0. The second-order valence-electron chi connectivity index (χ2n) is 5.09. The minimum atomic E-state index is -0.0275. The first-order valence-corrected chi connectivity index (χ1v) is 7.05. The molecule has 3 heteroatoms. The molecule has 0 fully saturated rings. The fraction of sp³-hybridized carbons (Fsp3) is 0.353. The van der Waals surface area contributed by atoms with Crippen LogP contribution in [0.15, 0.2) is 42.5 Å². The van der Waals surface area contributed by atoms with Crippen molar-refractivity contribution in [3.05, 3.63) is 48.0 Å². The third-order valence-corrected chi connectivity index (χ3v) is 3.07. The maximum atomic E-state index is 12.0. The predicted octanol–water partition coefficient (Wildman–Crippen LogP) is 3.38. The molecule has 0 heterocycles. The van der Waals surface area contributed by atoms with E-state index in [0.717, 1.165) is 17.2 Å². The average Bonchev–Trinajstić information content (AvgIpc) is 2.46. The van der Waals surface area contributed by atoms with Crippen LogP contribution in [0.2, 0.25) is 0 Å². The summed E-state index contributed by atoms with van der Waals surface area (Å²) in [5.74, 6) is -0.0275. The Hall–Kier alpha value is -1.87. The number of amides is 1. The van der Waals surface area contributed by atoms with Gasteiger partial charge in [0.15, 0.2) is 0 Å². The van der Waals surface area contributed by atoms with Gasteiger partial charge in [0, 0.05) is 18.7 Å². The Kier molecular flexibility index (Phi) is 5.13. The van der Waals surface area contributed by atoms with Gasteiger partial charge in [0.1, 0.15) is 0 Å². The zero-order chi connectivity index (χ0) is 14.4. The molecule has 0 bridgehead atoms. The SMILES string of the molecule is CC(C)OCCCNC(=O)c1ccc2ccccc2c1. The van der Waals surface area contributed by atoms with E-state index in [9.17, 15) is 4.79 Å². The summed E-state index contributed by atoms with van der Waals surface area (Å²) in [7, 11) is 0. The average molecular weight is 271 g/mol. The molecule has 1 N–H and O–H groups in total. The summed E-state index contributed by atoms with van der Waals surface area (Å²) in [6, 6.07) is 13.8. The highest BCUT2D eigenvalue weighted by molar-refractivity contribution is 5.98. The van der Waals surface area contributed by atoms with E-state index in [0.29, 0.717) is 18.7 Å². The van der Waals surface area contributed by atoms with Gasteiger partial charge in [0.2, 0.25) is 0 Å². The second kappa shape index (κ2) is 7.06. The number of rotatable bonds is 6. The molecule has 2 rings (SSSR count). The largest absolute Gasteiger partial charge is 0.379 e. The molecule has 2 aromatic rings. The molecule has 1 amide bonds. The summed E-state index contributed by atoms with van der Waals surface area (Å²) in [5, 5.41) is 5.15. The molecule has 0 spiro atoms. The van der Waals surface area contributed by atoms with E-state index in [1.807, 2.05) is 56.3 Å². The number of nitrogens with one attached hydrogen (secondary N) is 1. The van der Waals surface area contributed by atoms with Gasteiger partial charge in [-0.15, -0.1) is 0 Å². The van der Waals surface area contributed by atoms with Crippen molar-refractivity contribution in [2.24, 2.45) is 0 Å². The molecule has 0 saturated heterocycles. The first-order valence-electron chi connectivity index (χ1n) is 7.05. The fourth-order valence-corrected chi connectivity index (χ4v) is 2.03. The molecule has 0 aliphatic carbocycles. The Balaban J connectivity index is 1.87. The van der Waals surface area contributed by atoms with Crippen LogP contribution >= 0.6 is 0 Å². The van der Waals surface area contributed by atoms with Gasteiger partial charge in [-0.05, 0) is 43.2 Å². The lowest BCUT2D eigenvalue weighted by atomic mass is 10.1. The first-order chi connectivity index (χ1) is 9.66. The molecule has 0 aliphatic heterocycles. The minimum absolute atomic E-state index is 0.0275. The van der Waals surface area contributed by atoms with Crippen LogP contribution in [0, 0.1) is 0 Å². The van der Waals surface area contributed by atoms with Crippen molar-refractivity contribution >= 4 is 16.7 Å². The van der Waals surface area contributed by atoms with Gasteiger partial charge in [-0.1, -0.05) is 30.3 Å². The quantitative estimate of drug-likeness (QED) is 0.818. The molecule has 0 atom stereocenters. The van der Waals surface area contributed by atoms with Crippen molar-refractivity contribution in [1.82, 2.24) is 5.32 Å². The summed E-state index contributed by atoms with van der Waals surface area (Å²) < 4.78 is 5.44. The van der Waals surface area contributed by atoms with E-state index in [4.69, 9.17) is 4.74 Å². The van der Waals surface area contributed by atoms with Crippen molar-refractivity contribution in [3.8, 4) is 0 Å². The molecule has 0 aliphatic rings. The van der Waals surface area contributed by atoms with Gasteiger partial charge in [-0.2, -0.15) is 0 Å². The maximum absolute atomic E-state index is 12.0. The Morgan fingerprint density at radius 2 is 1.90 bits per heavy atom.